The number of para-hydroxylation sites is 1. The number of nitrogens with one attached hydrogen (secondary N) is 1. The van der Waals surface area contributed by atoms with Gasteiger partial charge in [0.1, 0.15) is 0 Å². The van der Waals surface area contributed by atoms with Crippen molar-refractivity contribution in [2.75, 3.05) is 31.2 Å². The van der Waals surface area contributed by atoms with E-state index in [1.165, 1.54) is 0 Å². The molecule has 3 nitrogen and oxygen atoms in total. The van der Waals surface area contributed by atoms with Crippen molar-refractivity contribution in [3.05, 3.63) is 24.3 Å². The Morgan fingerprint density at radius 2 is 1.73 bits per heavy atom. The fourth-order valence-electron chi connectivity index (χ4n) is 2.51. The standard InChI is InChI=1S/C18H30N2OS/c1-14(2)12-20(13-15(3)4)11-10-18(21)19-16-8-6-7-9-17(16)22-5/h6-9,14-15H,10-13H2,1-5H3,(H,19,21). The van der Waals surface area contributed by atoms with E-state index in [4.69, 9.17) is 0 Å². The first-order valence-corrected chi connectivity index (χ1v) is 9.30. The highest BCUT2D eigenvalue weighted by atomic mass is 32.2. The molecule has 1 rings (SSSR count). The van der Waals surface area contributed by atoms with Crippen LogP contribution >= 0.6 is 11.8 Å². The number of carbonyl (C=O) groups excluding carboxylic acids is 1. The van der Waals surface area contributed by atoms with Crippen LogP contribution < -0.4 is 5.32 Å². The maximum absolute atomic E-state index is 12.2. The lowest BCUT2D eigenvalue weighted by molar-refractivity contribution is -0.116. The van der Waals surface area contributed by atoms with Gasteiger partial charge in [-0.1, -0.05) is 39.8 Å². The molecule has 4 heteroatoms. The topological polar surface area (TPSA) is 32.3 Å². The van der Waals surface area contributed by atoms with E-state index in [2.05, 4.69) is 37.9 Å². The van der Waals surface area contributed by atoms with Gasteiger partial charge in [0, 0.05) is 31.0 Å². The Morgan fingerprint density at radius 1 is 1.14 bits per heavy atom. The van der Waals surface area contributed by atoms with E-state index in [-0.39, 0.29) is 5.91 Å². The summed E-state index contributed by atoms with van der Waals surface area (Å²) in [5.41, 5.74) is 0.916. The molecule has 0 saturated carbocycles. The Bertz CT molecular complexity index is 450. The summed E-state index contributed by atoms with van der Waals surface area (Å²) < 4.78 is 0. The smallest absolute Gasteiger partial charge is 0.225 e. The predicted octanol–water partition coefficient (Wildman–Crippen LogP) is 4.35. The molecular formula is C18H30N2OS. The Hall–Kier alpha value is -1.00. The third kappa shape index (κ3) is 7.32. The van der Waals surface area contributed by atoms with E-state index < -0.39 is 0 Å². The Balaban J connectivity index is 2.52. The van der Waals surface area contributed by atoms with Crippen LogP contribution in [0.5, 0.6) is 0 Å². The molecule has 0 heterocycles. The zero-order chi connectivity index (χ0) is 16.5. The van der Waals surface area contributed by atoms with Crippen molar-refractivity contribution in [1.82, 2.24) is 4.90 Å². The van der Waals surface area contributed by atoms with Crippen LogP contribution in [0.3, 0.4) is 0 Å². The molecule has 1 aromatic rings. The number of amides is 1. The van der Waals surface area contributed by atoms with Gasteiger partial charge in [0.05, 0.1) is 5.69 Å². The Labute approximate surface area is 139 Å². The molecule has 1 N–H and O–H groups in total. The van der Waals surface area contributed by atoms with Gasteiger partial charge in [-0.15, -0.1) is 11.8 Å². The largest absolute Gasteiger partial charge is 0.325 e. The molecule has 0 aromatic heterocycles. The third-order valence-electron chi connectivity index (χ3n) is 3.28. The van der Waals surface area contributed by atoms with Crippen molar-refractivity contribution in [2.24, 2.45) is 11.8 Å². The summed E-state index contributed by atoms with van der Waals surface area (Å²) in [5, 5.41) is 3.04. The van der Waals surface area contributed by atoms with Gasteiger partial charge in [-0.2, -0.15) is 0 Å². The van der Waals surface area contributed by atoms with Crippen LogP contribution in [0.25, 0.3) is 0 Å². The summed E-state index contributed by atoms with van der Waals surface area (Å²) >= 11 is 1.65. The molecule has 124 valence electrons. The van der Waals surface area contributed by atoms with Crippen LogP contribution in [0, 0.1) is 11.8 Å². The Kier molecular flexibility index (Phi) is 8.57. The van der Waals surface area contributed by atoms with Crippen LogP contribution in [-0.2, 0) is 4.79 Å². The second kappa shape index (κ2) is 9.90. The average Bonchev–Trinajstić information content (AvgIpc) is 2.44. The summed E-state index contributed by atoms with van der Waals surface area (Å²) in [7, 11) is 0. The van der Waals surface area contributed by atoms with Gasteiger partial charge in [-0.05, 0) is 30.2 Å². The molecular weight excluding hydrogens is 292 g/mol. The lowest BCUT2D eigenvalue weighted by atomic mass is 10.1. The minimum atomic E-state index is 0.0963. The minimum absolute atomic E-state index is 0.0963. The van der Waals surface area contributed by atoms with Gasteiger partial charge >= 0.3 is 0 Å². The van der Waals surface area contributed by atoms with Crippen LogP contribution in [0.15, 0.2) is 29.2 Å². The number of thioether (sulfide) groups is 1. The second-order valence-corrected chi connectivity index (χ2v) is 7.39. The first-order valence-electron chi connectivity index (χ1n) is 8.07. The number of rotatable bonds is 9. The quantitative estimate of drug-likeness (QED) is 0.686. The van der Waals surface area contributed by atoms with Crippen molar-refractivity contribution in [3.63, 3.8) is 0 Å². The maximum Gasteiger partial charge on any atom is 0.225 e. The van der Waals surface area contributed by atoms with Gasteiger partial charge in [0.15, 0.2) is 0 Å². The molecule has 0 saturated heterocycles. The zero-order valence-electron chi connectivity index (χ0n) is 14.6. The van der Waals surface area contributed by atoms with E-state index in [0.29, 0.717) is 18.3 Å². The molecule has 0 unspecified atom stereocenters. The van der Waals surface area contributed by atoms with Crippen LogP contribution in [-0.4, -0.2) is 36.7 Å². The highest BCUT2D eigenvalue weighted by Crippen LogP contribution is 2.24. The molecule has 0 radical (unpaired) electrons. The molecule has 0 aliphatic carbocycles. The van der Waals surface area contributed by atoms with Crippen molar-refractivity contribution in [2.45, 2.75) is 39.0 Å². The predicted molar refractivity (Wildman–Crippen MR) is 97.6 cm³/mol. The van der Waals surface area contributed by atoms with Crippen molar-refractivity contribution in [3.8, 4) is 0 Å². The van der Waals surface area contributed by atoms with Crippen molar-refractivity contribution < 1.29 is 4.79 Å². The summed E-state index contributed by atoms with van der Waals surface area (Å²) in [6, 6.07) is 7.95. The fraction of sp³-hybridized carbons (Fsp3) is 0.611. The normalized spacial score (nSPS) is 11.5. The lowest BCUT2D eigenvalue weighted by Crippen LogP contribution is -2.34. The molecule has 0 aliphatic rings. The highest BCUT2D eigenvalue weighted by Gasteiger charge is 2.12. The monoisotopic (exact) mass is 322 g/mol. The van der Waals surface area contributed by atoms with Crippen LogP contribution in [0.2, 0.25) is 0 Å². The van der Waals surface area contributed by atoms with Crippen molar-refractivity contribution in [1.29, 1.82) is 0 Å². The van der Waals surface area contributed by atoms with Gasteiger partial charge in [0.2, 0.25) is 5.91 Å². The lowest BCUT2D eigenvalue weighted by Gasteiger charge is -2.25. The first-order chi connectivity index (χ1) is 10.4. The third-order valence-corrected chi connectivity index (χ3v) is 4.08. The number of benzene rings is 1. The number of nitrogens with zero attached hydrogens (tertiary/aromatic N) is 1. The zero-order valence-corrected chi connectivity index (χ0v) is 15.4. The number of anilines is 1. The van der Waals surface area contributed by atoms with E-state index in [0.717, 1.165) is 30.2 Å². The van der Waals surface area contributed by atoms with Gasteiger partial charge in [-0.3, -0.25) is 4.79 Å². The minimum Gasteiger partial charge on any atom is -0.325 e. The number of hydrogen-bond acceptors (Lipinski definition) is 3. The van der Waals surface area contributed by atoms with Crippen LogP contribution in [0.1, 0.15) is 34.1 Å². The molecule has 22 heavy (non-hydrogen) atoms. The molecule has 0 atom stereocenters. The van der Waals surface area contributed by atoms with Crippen molar-refractivity contribution >= 4 is 23.4 Å². The van der Waals surface area contributed by atoms with Gasteiger partial charge in [0.25, 0.3) is 0 Å². The van der Waals surface area contributed by atoms with Crippen LogP contribution in [0.4, 0.5) is 5.69 Å². The summed E-state index contributed by atoms with van der Waals surface area (Å²) in [6.45, 7) is 11.8. The summed E-state index contributed by atoms with van der Waals surface area (Å²) in [5.74, 6) is 1.34. The SMILES string of the molecule is CSc1ccccc1NC(=O)CCN(CC(C)C)CC(C)C. The molecule has 1 amide bonds. The Morgan fingerprint density at radius 3 is 2.27 bits per heavy atom. The summed E-state index contributed by atoms with van der Waals surface area (Å²) in [4.78, 5) is 15.7. The maximum atomic E-state index is 12.2. The molecule has 0 aliphatic heterocycles. The van der Waals surface area contributed by atoms with E-state index in [1.54, 1.807) is 11.8 Å². The van der Waals surface area contributed by atoms with E-state index in [1.807, 2.05) is 30.5 Å². The molecule has 0 bridgehead atoms. The van der Waals surface area contributed by atoms with Gasteiger partial charge < -0.3 is 10.2 Å². The fourth-order valence-corrected chi connectivity index (χ4v) is 3.06. The van der Waals surface area contributed by atoms with Gasteiger partial charge in [-0.25, -0.2) is 0 Å². The highest BCUT2D eigenvalue weighted by molar-refractivity contribution is 7.98. The average molecular weight is 323 g/mol. The van der Waals surface area contributed by atoms with E-state index >= 15 is 0 Å². The molecule has 0 spiro atoms. The summed E-state index contributed by atoms with van der Waals surface area (Å²) in [6.07, 6.45) is 2.57. The first kappa shape index (κ1) is 19.0. The van der Waals surface area contributed by atoms with E-state index in [9.17, 15) is 4.79 Å². The molecule has 0 fully saturated rings. The second-order valence-electron chi connectivity index (χ2n) is 6.55. The number of carbonyl (C=O) groups is 1. The number of hydrogen-bond donors (Lipinski definition) is 1. The molecule has 1 aromatic carbocycles.